The van der Waals surface area contributed by atoms with Crippen molar-refractivity contribution < 1.29 is 22.7 Å². The molecule has 4 N–H and O–H groups in total. The lowest BCUT2D eigenvalue weighted by atomic mass is 10.0. The van der Waals surface area contributed by atoms with Crippen molar-refractivity contribution >= 4 is 11.6 Å². The molecule has 3 rings (SSSR count). The molecule has 160 valence electrons. The third-order valence-electron chi connectivity index (χ3n) is 4.98. The van der Waals surface area contributed by atoms with Crippen LogP contribution in [-0.2, 0) is 17.8 Å². The van der Waals surface area contributed by atoms with Crippen LogP contribution in [0.5, 0.6) is 5.75 Å². The number of rotatable bonds is 5. The van der Waals surface area contributed by atoms with Gasteiger partial charge in [-0.25, -0.2) is 19.0 Å². The summed E-state index contributed by atoms with van der Waals surface area (Å²) in [4.78, 5) is 14.4. The number of methoxy groups -OCH3 is 1. The molecule has 0 saturated carbocycles. The topological polar surface area (TPSA) is 84.8 Å². The highest BCUT2D eigenvalue weighted by Gasteiger charge is 2.26. The van der Waals surface area contributed by atoms with Crippen molar-refractivity contribution in [2.45, 2.75) is 25.4 Å². The van der Waals surface area contributed by atoms with E-state index in [9.17, 15) is 18.0 Å². The van der Waals surface area contributed by atoms with Crippen LogP contribution in [0.4, 0.5) is 18.9 Å². The molecule has 30 heavy (non-hydrogen) atoms. The van der Waals surface area contributed by atoms with Crippen molar-refractivity contribution in [3.05, 3.63) is 71.2 Å². The van der Waals surface area contributed by atoms with E-state index >= 15 is 0 Å². The van der Waals surface area contributed by atoms with Gasteiger partial charge in [0.1, 0.15) is 11.6 Å². The van der Waals surface area contributed by atoms with E-state index in [-0.39, 0.29) is 37.4 Å². The molecule has 0 aromatic heterocycles. The van der Waals surface area contributed by atoms with E-state index in [0.717, 1.165) is 11.6 Å². The van der Waals surface area contributed by atoms with E-state index < -0.39 is 23.5 Å². The van der Waals surface area contributed by atoms with Crippen LogP contribution in [0.15, 0.2) is 42.6 Å². The summed E-state index contributed by atoms with van der Waals surface area (Å²) in [5, 5.41) is 1.42. The maximum Gasteiger partial charge on any atom is 0.224 e. The van der Waals surface area contributed by atoms with E-state index in [2.05, 4.69) is 6.58 Å². The van der Waals surface area contributed by atoms with Crippen LogP contribution in [0.25, 0.3) is 0 Å². The molecule has 6 nitrogen and oxygen atoms in total. The molecule has 2 aromatic carbocycles. The van der Waals surface area contributed by atoms with E-state index in [1.807, 2.05) is 0 Å². The van der Waals surface area contributed by atoms with E-state index in [1.54, 1.807) is 18.2 Å². The molecule has 1 aliphatic rings. The van der Waals surface area contributed by atoms with Crippen molar-refractivity contribution in [1.82, 2.24) is 4.90 Å². The molecule has 0 radical (unpaired) electrons. The minimum Gasteiger partial charge on any atom is -0.497 e. The molecule has 0 spiro atoms. The largest absolute Gasteiger partial charge is 0.497 e. The Balaban J connectivity index is 1.74. The van der Waals surface area contributed by atoms with Crippen LogP contribution in [0.2, 0.25) is 0 Å². The number of benzene rings is 2. The Morgan fingerprint density at radius 3 is 2.57 bits per heavy atom. The lowest BCUT2D eigenvalue weighted by Crippen LogP contribution is -2.39. The predicted octanol–water partition coefficient (Wildman–Crippen LogP) is 2.61. The summed E-state index contributed by atoms with van der Waals surface area (Å²) < 4.78 is 45.6. The van der Waals surface area contributed by atoms with Crippen LogP contribution in [0, 0.1) is 17.5 Å². The van der Waals surface area contributed by atoms with Gasteiger partial charge in [-0.15, -0.1) is 0 Å². The minimum absolute atomic E-state index is 0.0855. The summed E-state index contributed by atoms with van der Waals surface area (Å²) in [7, 11) is 1.54. The van der Waals surface area contributed by atoms with Crippen molar-refractivity contribution in [3.63, 3.8) is 0 Å². The van der Waals surface area contributed by atoms with Crippen LogP contribution < -0.4 is 21.3 Å². The Bertz CT molecular complexity index is 983. The third-order valence-corrected chi connectivity index (χ3v) is 4.98. The Kier molecular flexibility index (Phi) is 6.33. The number of nitrogens with two attached hydrogens (primary N) is 2. The SMILES string of the molecule is C=C1CN(C(=O)CC(N)Cc2cc(F)c(F)cc2F)Cc2cc(OC)ccc2N1N. The molecule has 1 unspecified atom stereocenters. The van der Waals surface area contributed by atoms with Gasteiger partial charge < -0.3 is 15.4 Å². The van der Waals surface area contributed by atoms with Gasteiger partial charge in [0.05, 0.1) is 19.3 Å². The lowest BCUT2D eigenvalue weighted by molar-refractivity contribution is -0.131. The number of carbonyl (C=O) groups excluding carboxylic acids is 1. The summed E-state index contributed by atoms with van der Waals surface area (Å²) in [6.07, 6.45) is -0.230. The molecule has 0 bridgehead atoms. The number of ether oxygens (including phenoxy) is 1. The first kappa shape index (κ1) is 21.7. The quantitative estimate of drug-likeness (QED) is 0.574. The fourth-order valence-electron chi connectivity index (χ4n) is 3.38. The predicted molar refractivity (Wildman–Crippen MR) is 107 cm³/mol. The van der Waals surface area contributed by atoms with Gasteiger partial charge in [0.25, 0.3) is 0 Å². The number of fused-ring (bicyclic) bond motifs is 1. The van der Waals surface area contributed by atoms with Gasteiger partial charge >= 0.3 is 0 Å². The standard InChI is InChI=1S/C21H23F3N4O2/c1-12-10-27(11-14-6-16(30-2)3-4-20(14)28(12)26)21(29)8-15(25)5-13-7-18(23)19(24)9-17(13)22/h3-4,6-7,9,15H,1,5,8,10-11,25-26H2,2H3. The van der Waals surface area contributed by atoms with Gasteiger partial charge in [-0.05, 0) is 36.2 Å². The van der Waals surface area contributed by atoms with Crippen LogP contribution in [-0.4, -0.2) is 30.5 Å². The highest BCUT2D eigenvalue weighted by Crippen LogP contribution is 2.30. The number of halogens is 3. The van der Waals surface area contributed by atoms with Crippen LogP contribution in [0.3, 0.4) is 0 Å². The summed E-state index contributed by atoms with van der Waals surface area (Å²) >= 11 is 0. The minimum atomic E-state index is -1.27. The molecule has 0 aliphatic carbocycles. The van der Waals surface area contributed by atoms with Gasteiger partial charge in [-0.2, -0.15) is 0 Å². The normalized spacial score (nSPS) is 14.9. The molecule has 9 heteroatoms. The summed E-state index contributed by atoms with van der Waals surface area (Å²) in [5.74, 6) is 3.09. The molecule has 1 atom stereocenters. The zero-order valence-corrected chi connectivity index (χ0v) is 16.5. The van der Waals surface area contributed by atoms with Crippen molar-refractivity contribution in [2.24, 2.45) is 11.6 Å². The monoisotopic (exact) mass is 420 g/mol. The van der Waals surface area contributed by atoms with Crippen LogP contribution in [0.1, 0.15) is 17.5 Å². The maximum absolute atomic E-state index is 13.9. The number of amides is 1. The van der Waals surface area contributed by atoms with Gasteiger partial charge in [0.2, 0.25) is 5.91 Å². The first-order chi connectivity index (χ1) is 14.2. The average Bonchev–Trinajstić information content (AvgIpc) is 2.82. The molecule has 0 fully saturated rings. The van der Waals surface area contributed by atoms with Crippen LogP contribution >= 0.6 is 0 Å². The van der Waals surface area contributed by atoms with E-state index in [4.69, 9.17) is 16.3 Å². The van der Waals surface area contributed by atoms with Gasteiger partial charge in [-0.3, -0.25) is 9.80 Å². The van der Waals surface area contributed by atoms with Crippen molar-refractivity contribution in [1.29, 1.82) is 0 Å². The Morgan fingerprint density at radius 2 is 1.87 bits per heavy atom. The highest BCUT2D eigenvalue weighted by molar-refractivity contribution is 5.78. The maximum atomic E-state index is 13.9. The molecule has 2 aromatic rings. The second kappa shape index (κ2) is 8.76. The molecular weight excluding hydrogens is 397 g/mol. The molecular formula is C21H23F3N4O2. The van der Waals surface area contributed by atoms with Crippen molar-refractivity contribution in [2.75, 3.05) is 18.7 Å². The van der Waals surface area contributed by atoms with Gasteiger partial charge in [0.15, 0.2) is 11.6 Å². The zero-order valence-electron chi connectivity index (χ0n) is 16.5. The van der Waals surface area contributed by atoms with E-state index in [1.165, 1.54) is 17.0 Å². The number of anilines is 1. The van der Waals surface area contributed by atoms with Gasteiger partial charge in [-0.1, -0.05) is 6.58 Å². The fraction of sp³-hybridized carbons (Fsp3) is 0.286. The number of hydrazine groups is 1. The first-order valence-electron chi connectivity index (χ1n) is 9.26. The van der Waals surface area contributed by atoms with Crippen molar-refractivity contribution in [3.8, 4) is 5.75 Å². The summed E-state index contributed by atoms with van der Waals surface area (Å²) in [6, 6.07) is 5.77. The smallest absolute Gasteiger partial charge is 0.224 e. The first-order valence-corrected chi connectivity index (χ1v) is 9.26. The Morgan fingerprint density at radius 1 is 1.17 bits per heavy atom. The third kappa shape index (κ3) is 4.58. The highest BCUT2D eigenvalue weighted by atomic mass is 19.2. The number of carbonyl (C=O) groups is 1. The number of nitrogens with zero attached hydrogens (tertiary/aromatic N) is 2. The summed E-state index contributed by atoms with van der Waals surface area (Å²) in [5.41, 5.74) is 7.89. The second-order valence-electron chi connectivity index (χ2n) is 7.21. The fourth-order valence-corrected chi connectivity index (χ4v) is 3.38. The molecule has 0 saturated heterocycles. The molecule has 1 heterocycles. The number of hydrogen-bond donors (Lipinski definition) is 2. The summed E-state index contributed by atoms with van der Waals surface area (Å²) in [6.45, 7) is 4.36. The Hall–Kier alpha value is -3.04. The second-order valence-corrected chi connectivity index (χ2v) is 7.21. The average molecular weight is 420 g/mol. The van der Waals surface area contributed by atoms with Gasteiger partial charge in [0, 0.05) is 36.3 Å². The zero-order chi connectivity index (χ0) is 22.0. The Labute approximate surface area is 172 Å². The molecule has 1 aliphatic heterocycles. The number of hydrogen-bond acceptors (Lipinski definition) is 5. The van der Waals surface area contributed by atoms with E-state index in [0.29, 0.717) is 23.2 Å². The lowest BCUT2D eigenvalue weighted by Gasteiger charge is -2.24. The molecule has 1 amide bonds.